The third-order valence-electron chi connectivity index (χ3n) is 3.57. The fraction of sp³-hybridized carbons (Fsp3) is 1.00. The quantitative estimate of drug-likeness (QED) is 0.720. The van der Waals surface area contributed by atoms with Gasteiger partial charge in [-0.15, -0.1) is 0 Å². The van der Waals surface area contributed by atoms with E-state index < -0.39 is 0 Å². The molecule has 3 heteroatoms. The zero-order valence-electron chi connectivity index (χ0n) is 11.6. The maximum absolute atomic E-state index is 9.24. The molecule has 0 heterocycles. The van der Waals surface area contributed by atoms with Gasteiger partial charge in [0.05, 0.1) is 25.4 Å². The summed E-state index contributed by atoms with van der Waals surface area (Å²) in [6.07, 6.45) is 5.17. The van der Waals surface area contributed by atoms with E-state index in [9.17, 15) is 5.11 Å². The summed E-state index contributed by atoms with van der Waals surface area (Å²) in [5, 5.41) is 12.5. The van der Waals surface area contributed by atoms with Gasteiger partial charge in [0.1, 0.15) is 0 Å². The highest BCUT2D eigenvalue weighted by molar-refractivity contribution is 4.76. The van der Waals surface area contributed by atoms with Crippen LogP contribution in [0.15, 0.2) is 0 Å². The molecule has 0 radical (unpaired) electrons. The molecule has 0 bridgehead atoms. The van der Waals surface area contributed by atoms with Crippen molar-refractivity contribution in [3.63, 3.8) is 0 Å². The lowest BCUT2D eigenvalue weighted by atomic mass is 9.82. The van der Waals surface area contributed by atoms with Crippen molar-refractivity contribution in [3.8, 4) is 0 Å². The van der Waals surface area contributed by atoms with Gasteiger partial charge in [0.15, 0.2) is 0 Å². The van der Waals surface area contributed by atoms with E-state index in [1.54, 1.807) is 0 Å². The summed E-state index contributed by atoms with van der Waals surface area (Å²) < 4.78 is 5.95. The van der Waals surface area contributed by atoms with Crippen LogP contribution >= 0.6 is 0 Å². The number of rotatable bonds is 7. The third kappa shape index (κ3) is 5.84. The number of hydrogen-bond donors (Lipinski definition) is 2. The Morgan fingerprint density at radius 2 is 1.88 bits per heavy atom. The zero-order valence-corrected chi connectivity index (χ0v) is 11.6. The Hall–Kier alpha value is -0.120. The summed E-state index contributed by atoms with van der Waals surface area (Å²) >= 11 is 0. The molecule has 102 valence electrons. The molecule has 0 aromatic heterocycles. The Balaban J connectivity index is 2.23. The van der Waals surface area contributed by atoms with Crippen molar-refractivity contribution < 1.29 is 9.84 Å². The van der Waals surface area contributed by atoms with Crippen LogP contribution in [0.4, 0.5) is 0 Å². The van der Waals surface area contributed by atoms with Crippen molar-refractivity contribution in [2.45, 2.75) is 58.6 Å². The normalized spacial score (nSPS) is 31.4. The molecule has 17 heavy (non-hydrogen) atoms. The molecule has 0 saturated heterocycles. The Morgan fingerprint density at radius 1 is 1.24 bits per heavy atom. The first-order chi connectivity index (χ1) is 8.15. The molecule has 2 N–H and O–H groups in total. The van der Waals surface area contributed by atoms with Gasteiger partial charge in [-0.1, -0.05) is 20.8 Å². The van der Waals surface area contributed by atoms with Crippen LogP contribution in [0.1, 0.15) is 46.5 Å². The van der Waals surface area contributed by atoms with E-state index in [0.29, 0.717) is 12.7 Å². The summed E-state index contributed by atoms with van der Waals surface area (Å²) in [6, 6.07) is 0.0995. The maximum Gasteiger partial charge on any atom is 0.0645 e. The van der Waals surface area contributed by atoms with Gasteiger partial charge in [-0.25, -0.2) is 0 Å². The highest BCUT2D eigenvalue weighted by Gasteiger charge is 2.24. The standard InChI is InChI=1S/C14H29NO2/c1-4-5-15-13(9-16)10-17-14-7-11(2)6-12(3)8-14/h11-16H,4-10H2,1-3H3. The molecule has 1 aliphatic rings. The average molecular weight is 243 g/mol. The van der Waals surface area contributed by atoms with E-state index >= 15 is 0 Å². The van der Waals surface area contributed by atoms with E-state index in [1.165, 1.54) is 19.3 Å². The van der Waals surface area contributed by atoms with Crippen molar-refractivity contribution in [1.82, 2.24) is 5.32 Å². The Morgan fingerprint density at radius 3 is 2.41 bits per heavy atom. The Kier molecular flexibility index (Phi) is 7.09. The Bertz CT molecular complexity index is 189. The van der Waals surface area contributed by atoms with E-state index in [-0.39, 0.29) is 12.6 Å². The Labute approximate surface area is 106 Å². The van der Waals surface area contributed by atoms with Gasteiger partial charge in [-0.3, -0.25) is 0 Å². The molecule has 3 atom stereocenters. The lowest BCUT2D eigenvalue weighted by molar-refractivity contribution is -0.0151. The molecule has 0 aromatic rings. The smallest absolute Gasteiger partial charge is 0.0645 e. The van der Waals surface area contributed by atoms with Crippen molar-refractivity contribution >= 4 is 0 Å². The van der Waals surface area contributed by atoms with Crippen LogP contribution < -0.4 is 5.32 Å². The lowest BCUT2D eigenvalue weighted by Gasteiger charge is -2.32. The van der Waals surface area contributed by atoms with Crippen LogP contribution in [0, 0.1) is 11.8 Å². The summed E-state index contributed by atoms with van der Waals surface area (Å²) in [6.45, 7) is 8.51. The number of ether oxygens (including phenoxy) is 1. The van der Waals surface area contributed by atoms with Crippen LogP contribution in [0.25, 0.3) is 0 Å². The van der Waals surface area contributed by atoms with Crippen molar-refractivity contribution in [1.29, 1.82) is 0 Å². The molecular weight excluding hydrogens is 214 g/mol. The molecule has 1 saturated carbocycles. The number of aliphatic hydroxyl groups is 1. The highest BCUT2D eigenvalue weighted by atomic mass is 16.5. The SMILES string of the molecule is CCCNC(CO)COC1CC(C)CC(C)C1. The number of hydrogen-bond acceptors (Lipinski definition) is 3. The fourth-order valence-corrected chi connectivity index (χ4v) is 2.79. The minimum Gasteiger partial charge on any atom is -0.395 e. The molecule has 1 fully saturated rings. The minimum absolute atomic E-state index is 0.0995. The molecule has 1 rings (SSSR count). The molecule has 0 aromatic carbocycles. The van der Waals surface area contributed by atoms with Crippen LogP contribution in [-0.4, -0.2) is 37.0 Å². The predicted molar refractivity (Wildman–Crippen MR) is 71.1 cm³/mol. The van der Waals surface area contributed by atoms with Gasteiger partial charge in [0, 0.05) is 0 Å². The molecule has 3 nitrogen and oxygen atoms in total. The summed E-state index contributed by atoms with van der Waals surface area (Å²) in [4.78, 5) is 0. The van der Waals surface area contributed by atoms with Crippen molar-refractivity contribution in [3.05, 3.63) is 0 Å². The summed E-state index contributed by atoms with van der Waals surface area (Å²) in [7, 11) is 0. The summed E-state index contributed by atoms with van der Waals surface area (Å²) in [5.41, 5.74) is 0. The molecule has 1 aliphatic carbocycles. The number of nitrogens with one attached hydrogen (secondary N) is 1. The predicted octanol–water partition coefficient (Wildman–Crippen LogP) is 2.19. The van der Waals surface area contributed by atoms with Gasteiger partial charge in [-0.2, -0.15) is 0 Å². The first-order valence-electron chi connectivity index (χ1n) is 7.11. The second kappa shape index (κ2) is 8.06. The van der Waals surface area contributed by atoms with E-state index in [4.69, 9.17) is 4.74 Å². The lowest BCUT2D eigenvalue weighted by Crippen LogP contribution is -2.39. The van der Waals surface area contributed by atoms with Gasteiger partial charge in [0.25, 0.3) is 0 Å². The first-order valence-corrected chi connectivity index (χ1v) is 7.11. The average Bonchev–Trinajstić information content (AvgIpc) is 2.28. The first kappa shape index (κ1) is 14.9. The van der Waals surface area contributed by atoms with Crippen LogP contribution in [0.5, 0.6) is 0 Å². The van der Waals surface area contributed by atoms with Gasteiger partial charge < -0.3 is 15.2 Å². The van der Waals surface area contributed by atoms with Crippen LogP contribution in [0.2, 0.25) is 0 Å². The van der Waals surface area contributed by atoms with E-state index in [2.05, 4.69) is 26.1 Å². The minimum atomic E-state index is 0.0995. The van der Waals surface area contributed by atoms with Crippen molar-refractivity contribution in [2.24, 2.45) is 11.8 Å². The van der Waals surface area contributed by atoms with Crippen LogP contribution in [-0.2, 0) is 4.74 Å². The monoisotopic (exact) mass is 243 g/mol. The summed E-state index contributed by atoms with van der Waals surface area (Å²) in [5.74, 6) is 1.56. The van der Waals surface area contributed by atoms with Crippen LogP contribution in [0.3, 0.4) is 0 Å². The number of aliphatic hydroxyl groups excluding tert-OH is 1. The second-order valence-corrected chi connectivity index (χ2v) is 5.71. The van der Waals surface area contributed by atoms with Gasteiger partial charge >= 0.3 is 0 Å². The highest BCUT2D eigenvalue weighted by Crippen LogP contribution is 2.30. The molecule has 0 amide bonds. The molecule has 0 aliphatic heterocycles. The third-order valence-corrected chi connectivity index (χ3v) is 3.57. The topological polar surface area (TPSA) is 41.5 Å². The van der Waals surface area contributed by atoms with Gasteiger partial charge in [-0.05, 0) is 44.1 Å². The second-order valence-electron chi connectivity index (χ2n) is 5.71. The molecule has 0 spiro atoms. The maximum atomic E-state index is 9.24. The zero-order chi connectivity index (χ0) is 12.7. The molecule has 3 unspecified atom stereocenters. The molecular formula is C14H29NO2. The van der Waals surface area contributed by atoms with Crippen molar-refractivity contribution in [2.75, 3.05) is 19.8 Å². The van der Waals surface area contributed by atoms with E-state index in [0.717, 1.165) is 24.8 Å². The van der Waals surface area contributed by atoms with E-state index in [1.807, 2.05) is 0 Å². The fourth-order valence-electron chi connectivity index (χ4n) is 2.79. The van der Waals surface area contributed by atoms with Gasteiger partial charge in [0.2, 0.25) is 0 Å². The largest absolute Gasteiger partial charge is 0.395 e.